The summed E-state index contributed by atoms with van der Waals surface area (Å²) in [5.41, 5.74) is 1.81. The molecule has 4 nitrogen and oxygen atoms in total. The van der Waals surface area contributed by atoms with Crippen LogP contribution in [0.2, 0.25) is 0 Å². The van der Waals surface area contributed by atoms with E-state index in [1.807, 2.05) is 30.3 Å². The van der Waals surface area contributed by atoms with E-state index < -0.39 is 0 Å². The van der Waals surface area contributed by atoms with Crippen LogP contribution < -0.4 is 10.1 Å². The lowest BCUT2D eigenvalue weighted by atomic mass is 10.2. The third-order valence-electron chi connectivity index (χ3n) is 3.66. The van der Waals surface area contributed by atoms with Gasteiger partial charge in [-0.2, -0.15) is 0 Å². The molecule has 2 heterocycles. The number of hydrogen-bond acceptors (Lipinski definition) is 5. The molecule has 0 radical (unpaired) electrons. The Morgan fingerprint density at radius 2 is 1.92 bits per heavy atom. The van der Waals surface area contributed by atoms with Crippen LogP contribution in [0.15, 0.2) is 66.9 Å². The van der Waals surface area contributed by atoms with Gasteiger partial charge in [-0.1, -0.05) is 24.3 Å². The third kappa shape index (κ3) is 2.94. The zero-order valence-electron chi connectivity index (χ0n) is 13.1. The maximum Gasteiger partial charge on any atom is 0.227 e. The van der Waals surface area contributed by atoms with E-state index in [4.69, 9.17) is 4.74 Å². The molecule has 1 N–H and O–H groups in total. The largest absolute Gasteiger partial charge is 0.497 e. The average Bonchev–Trinajstić information content (AvgIpc) is 3.06. The van der Waals surface area contributed by atoms with Crippen LogP contribution in [-0.4, -0.2) is 17.1 Å². The second-order valence-electron chi connectivity index (χ2n) is 5.27. The molecule has 4 rings (SSSR count). The van der Waals surface area contributed by atoms with Crippen LogP contribution in [0, 0.1) is 0 Å². The maximum absolute atomic E-state index is 5.24. The summed E-state index contributed by atoms with van der Waals surface area (Å²) in [6.45, 7) is 0. The maximum atomic E-state index is 5.24. The SMILES string of the molecule is COc1cccc(Nc2nccc(-c3cc4ccccc4s3)n2)c1. The van der Waals surface area contributed by atoms with E-state index in [2.05, 4.69) is 45.6 Å². The topological polar surface area (TPSA) is 47.0 Å². The number of methoxy groups -OCH3 is 1. The van der Waals surface area contributed by atoms with Gasteiger partial charge in [0.15, 0.2) is 0 Å². The number of benzene rings is 2. The van der Waals surface area contributed by atoms with Crippen LogP contribution in [0.25, 0.3) is 20.7 Å². The van der Waals surface area contributed by atoms with E-state index in [1.54, 1.807) is 24.6 Å². The van der Waals surface area contributed by atoms with Gasteiger partial charge in [0.1, 0.15) is 5.75 Å². The van der Waals surface area contributed by atoms with E-state index in [-0.39, 0.29) is 0 Å². The lowest BCUT2D eigenvalue weighted by Crippen LogP contribution is -1.97. The van der Waals surface area contributed by atoms with E-state index in [0.717, 1.165) is 22.0 Å². The summed E-state index contributed by atoms with van der Waals surface area (Å²) in [5.74, 6) is 1.36. The molecule has 0 spiro atoms. The van der Waals surface area contributed by atoms with Gasteiger partial charge in [-0.25, -0.2) is 9.97 Å². The van der Waals surface area contributed by atoms with Crippen LogP contribution in [0.3, 0.4) is 0 Å². The fourth-order valence-electron chi connectivity index (χ4n) is 2.49. The van der Waals surface area contributed by atoms with Crippen molar-refractivity contribution in [2.75, 3.05) is 12.4 Å². The minimum absolute atomic E-state index is 0.568. The van der Waals surface area contributed by atoms with Crippen molar-refractivity contribution >= 4 is 33.1 Å². The smallest absolute Gasteiger partial charge is 0.227 e. The number of rotatable bonds is 4. The lowest BCUT2D eigenvalue weighted by molar-refractivity contribution is 0.415. The van der Waals surface area contributed by atoms with Gasteiger partial charge in [-0.15, -0.1) is 11.3 Å². The van der Waals surface area contributed by atoms with Gasteiger partial charge in [0.25, 0.3) is 0 Å². The molecule has 0 aliphatic heterocycles. The highest BCUT2D eigenvalue weighted by Crippen LogP contribution is 2.32. The van der Waals surface area contributed by atoms with Crippen LogP contribution in [0.1, 0.15) is 0 Å². The fraction of sp³-hybridized carbons (Fsp3) is 0.0526. The van der Waals surface area contributed by atoms with Gasteiger partial charge < -0.3 is 10.1 Å². The third-order valence-corrected chi connectivity index (χ3v) is 4.80. The standard InChI is InChI=1S/C19H15N3OS/c1-23-15-7-4-6-14(12-15)21-19-20-10-9-16(22-19)18-11-13-5-2-3-8-17(13)24-18/h2-12H,1H3,(H,20,21,22). The second kappa shape index (κ2) is 6.29. The number of ether oxygens (including phenoxy) is 1. The summed E-state index contributed by atoms with van der Waals surface area (Å²) in [5, 5.41) is 4.46. The Hall–Kier alpha value is -2.92. The summed E-state index contributed by atoms with van der Waals surface area (Å²) in [7, 11) is 1.65. The van der Waals surface area contributed by atoms with E-state index in [9.17, 15) is 0 Å². The monoisotopic (exact) mass is 333 g/mol. The van der Waals surface area contributed by atoms with Gasteiger partial charge in [-0.3, -0.25) is 0 Å². The summed E-state index contributed by atoms with van der Waals surface area (Å²) in [6.07, 6.45) is 1.77. The van der Waals surface area contributed by atoms with Gasteiger partial charge in [0.05, 0.1) is 17.7 Å². The molecule has 0 saturated carbocycles. The Bertz CT molecular complexity index is 964. The number of thiophene rings is 1. The summed E-state index contributed by atoms with van der Waals surface area (Å²) >= 11 is 1.73. The molecule has 0 unspecified atom stereocenters. The molecule has 0 atom stereocenters. The minimum atomic E-state index is 0.568. The predicted octanol–water partition coefficient (Wildman–Crippen LogP) is 5.11. The van der Waals surface area contributed by atoms with Gasteiger partial charge in [0.2, 0.25) is 5.95 Å². The van der Waals surface area contributed by atoms with Gasteiger partial charge in [-0.05, 0) is 35.7 Å². The highest BCUT2D eigenvalue weighted by Gasteiger charge is 2.07. The molecular weight excluding hydrogens is 318 g/mol. The van der Waals surface area contributed by atoms with Crippen molar-refractivity contribution in [3.8, 4) is 16.3 Å². The normalized spacial score (nSPS) is 10.7. The number of fused-ring (bicyclic) bond motifs is 1. The van der Waals surface area contributed by atoms with E-state index >= 15 is 0 Å². The first-order valence-electron chi connectivity index (χ1n) is 7.55. The molecule has 2 aromatic carbocycles. The molecule has 2 aromatic heterocycles. The Labute approximate surface area is 143 Å². The predicted molar refractivity (Wildman–Crippen MR) is 99.1 cm³/mol. The molecule has 0 amide bonds. The zero-order valence-corrected chi connectivity index (χ0v) is 13.9. The molecule has 0 fully saturated rings. The molecule has 5 heteroatoms. The highest BCUT2D eigenvalue weighted by atomic mass is 32.1. The first-order valence-corrected chi connectivity index (χ1v) is 8.36. The van der Waals surface area contributed by atoms with Crippen molar-refractivity contribution in [2.45, 2.75) is 0 Å². The zero-order chi connectivity index (χ0) is 16.4. The van der Waals surface area contributed by atoms with Crippen molar-refractivity contribution < 1.29 is 4.74 Å². The Balaban J connectivity index is 1.65. The molecule has 0 saturated heterocycles. The first-order chi connectivity index (χ1) is 11.8. The highest BCUT2D eigenvalue weighted by molar-refractivity contribution is 7.22. The molecule has 0 aliphatic rings. The van der Waals surface area contributed by atoms with E-state index in [0.29, 0.717) is 5.95 Å². The Kier molecular flexibility index (Phi) is 3.84. The van der Waals surface area contributed by atoms with Crippen LogP contribution in [0.5, 0.6) is 5.75 Å². The number of nitrogens with one attached hydrogen (secondary N) is 1. The first kappa shape index (κ1) is 14.7. The minimum Gasteiger partial charge on any atom is -0.497 e. The molecule has 0 bridgehead atoms. The van der Waals surface area contributed by atoms with Crippen molar-refractivity contribution in [1.82, 2.24) is 9.97 Å². The van der Waals surface area contributed by atoms with Crippen LogP contribution in [0.4, 0.5) is 11.6 Å². The second-order valence-corrected chi connectivity index (χ2v) is 6.35. The van der Waals surface area contributed by atoms with Crippen molar-refractivity contribution in [2.24, 2.45) is 0 Å². The van der Waals surface area contributed by atoms with Crippen LogP contribution >= 0.6 is 11.3 Å². The summed E-state index contributed by atoms with van der Waals surface area (Å²) in [6, 6.07) is 20.1. The van der Waals surface area contributed by atoms with E-state index in [1.165, 1.54) is 10.1 Å². The molecule has 0 aliphatic carbocycles. The quantitative estimate of drug-likeness (QED) is 0.564. The lowest BCUT2D eigenvalue weighted by Gasteiger charge is -2.07. The van der Waals surface area contributed by atoms with Crippen molar-refractivity contribution in [1.29, 1.82) is 0 Å². The summed E-state index contributed by atoms with van der Waals surface area (Å²) in [4.78, 5) is 10.1. The van der Waals surface area contributed by atoms with Crippen LogP contribution in [-0.2, 0) is 0 Å². The molecular formula is C19H15N3OS. The number of anilines is 2. The number of aromatic nitrogens is 2. The summed E-state index contributed by atoms with van der Waals surface area (Å²) < 4.78 is 6.50. The number of nitrogens with zero attached hydrogens (tertiary/aromatic N) is 2. The Morgan fingerprint density at radius 3 is 2.79 bits per heavy atom. The van der Waals surface area contributed by atoms with Gasteiger partial charge in [0, 0.05) is 22.7 Å². The van der Waals surface area contributed by atoms with Crippen molar-refractivity contribution in [3.63, 3.8) is 0 Å². The van der Waals surface area contributed by atoms with Crippen molar-refractivity contribution in [3.05, 3.63) is 66.9 Å². The molecule has 118 valence electrons. The molecule has 24 heavy (non-hydrogen) atoms. The number of hydrogen-bond donors (Lipinski definition) is 1. The van der Waals surface area contributed by atoms with Gasteiger partial charge >= 0.3 is 0 Å². The average molecular weight is 333 g/mol. The Morgan fingerprint density at radius 1 is 1.00 bits per heavy atom. The fourth-order valence-corrected chi connectivity index (χ4v) is 3.53. The molecule has 4 aromatic rings.